The van der Waals surface area contributed by atoms with Crippen molar-refractivity contribution in [3.63, 3.8) is 0 Å². The van der Waals surface area contributed by atoms with Crippen molar-refractivity contribution in [3.05, 3.63) is 29.3 Å². The Hall–Kier alpha value is -1.35. The highest BCUT2D eigenvalue weighted by Crippen LogP contribution is 2.13. The summed E-state index contributed by atoms with van der Waals surface area (Å²) < 4.78 is 0. The number of carbonyl (C=O) groups is 1. The highest BCUT2D eigenvalue weighted by molar-refractivity contribution is 5.91. The number of amides is 1. The van der Waals surface area contributed by atoms with E-state index in [1.807, 2.05) is 32.9 Å². The minimum atomic E-state index is 0.0611. The van der Waals surface area contributed by atoms with Crippen molar-refractivity contribution < 1.29 is 4.79 Å². The van der Waals surface area contributed by atoms with E-state index < -0.39 is 0 Å². The van der Waals surface area contributed by atoms with Crippen LogP contribution in [0, 0.1) is 13.8 Å². The maximum absolute atomic E-state index is 11.6. The van der Waals surface area contributed by atoms with Crippen LogP contribution in [0.1, 0.15) is 24.5 Å². The van der Waals surface area contributed by atoms with Gasteiger partial charge in [0.2, 0.25) is 5.91 Å². The van der Waals surface area contributed by atoms with E-state index in [9.17, 15) is 4.79 Å². The smallest absolute Gasteiger partial charge is 0.225 e. The quantitative estimate of drug-likeness (QED) is 0.747. The normalized spacial score (nSPS) is 10.2. The van der Waals surface area contributed by atoms with Crippen LogP contribution in [0.25, 0.3) is 0 Å². The molecule has 0 radical (unpaired) electrons. The lowest BCUT2D eigenvalue weighted by molar-refractivity contribution is -0.116. The molecule has 0 aliphatic rings. The van der Waals surface area contributed by atoms with Gasteiger partial charge in [-0.1, -0.05) is 13.0 Å². The van der Waals surface area contributed by atoms with Crippen molar-refractivity contribution in [2.75, 3.05) is 18.4 Å². The third-order valence-corrected chi connectivity index (χ3v) is 2.28. The zero-order chi connectivity index (χ0) is 12.0. The molecule has 0 fully saturated rings. The number of hydrogen-bond acceptors (Lipinski definition) is 2. The molecule has 0 aliphatic carbocycles. The Morgan fingerprint density at radius 3 is 2.38 bits per heavy atom. The first-order valence-corrected chi connectivity index (χ1v) is 5.70. The van der Waals surface area contributed by atoms with Crippen LogP contribution in [0.2, 0.25) is 0 Å². The largest absolute Gasteiger partial charge is 0.326 e. The molecule has 1 aromatic carbocycles. The summed E-state index contributed by atoms with van der Waals surface area (Å²) in [7, 11) is 0. The van der Waals surface area contributed by atoms with Gasteiger partial charge in [0.1, 0.15) is 0 Å². The molecule has 2 N–H and O–H groups in total. The monoisotopic (exact) mass is 220 g/mol. The molecule has 0 atom stereocenters. The van der Waals surface area contributed by atoms with Gasteiger partial charge in [-0.05, 0) is 43.7 Å². The molecule has 1 aromatic rings. The van der Waals surface area contributed by atoms with Gasteiger partial charge in [0, 0.05) is 18.7 Å². The summed E-state index contributed by atoms with van der Waals surface area (Å²) in [5.74, 6) is 0.0611. The molecular formula is C13H20N2O. The first-order chi connectivity index (χ1) is 7.61. The average molecular weight is 220 g/mol. The van der Waals surface area contributed by atoms with Crippen LogP contribution in [0.15, 0.2) is 18.2 Å². The fraction of sp³-hybridized carbons (Fsp3) is 0.462. The summed E-state index contributed by atoms with van der Waals surface area (Å²) in [5.41, 5.74) is 3.22. The molecule has 0 heterocycles. The summed E-state index contributed by atoms with van der Waals surface area (Å²) in [6.07, 6.45) is 0.515. The molecule has 16 heavy (non-hydrogen) atoms. The Labute approximate surface area is 97.2 Å². The van der Waals surface area contributed by atoms with E-state index in [2.05, 4.69) is 16.7 Å². The van der Waals surface area contributed by atoms with Crippen molar-refractivity contribution in [2.45, 2.75) is 27.2 Å². The minimum absolute atomic E-state index is 0.0611. The second-order valence-electron chi connectivity index (χ2n) is 4.03. The second-order valence-corrected chi connectivity index (χ2v) is 4.03. The Morgan fingerprint density at radius 1 is 1.19 bits per heavy atom. The molecule has 0 spiro atoms. The van der Waals surface area contributed by atoms with Gasteiger partial charge in [0.25, 0.3) is 0 Å². The van der Waals surface area contributed by atoms with Crippen LogP contribution < -0.4 is 10.6 Å². The van der Waals surface area contributed by atoms with Gasteiger partial charge in [0.05, 0.1) is 0 Å². The van der Waals surface area contributed by atoms with Crippen LogP contribution >= 0.6 is 0 Å². The van der Waals surface area contributed by atoms with Crippen LogP contribution in [0.4, 0.5) is 5.69 Å². The molecule has 0 aliphatic heterocycles. The molecular weight excluding hydrogens is 200 g/mol. The van der Waals surface area contributed by atoms with Gasteiger partial charge in [-0.2, -0.15) is 0 Å². The van der Waals surface area contributed by atoms with Crippen molar-refractivity contribution in [1.29, 1.82) is 0 Å². The number of aryl methyl sites for hydroxylation is 2. The number of nitrogens with one attached hydrogen (secondary N) is 2. The maximum atomic E-state index is 11.6. The van der Waals surface area contributed by atoms with Gasteiger partial charge >= 0.3 is 0 Å². The van der Waals surface area contributed by atoms with Crippen LogP contribution in [0.3, 0.4) is 0 Å². The van der Waals surface area contributed by atoms with E-state index >= 15 is 0 Å². The Balaban J connectivity index is 2.49. The summed E-state index contributed by atoms with van der Waals surface area (Å²) in [6, 6.07) is 6.06. The Morgan fingerprint density at radius 2 is 1.81 bits per heavy atom. The fourth-order valence-electron chi connectivity index (χ4n) is 1.65. The molecule has 1 amide bonds. The number of benzene rings is 1. The highest BCUT2D eigenvalue weighted by atomic mass is 16.1. The predicted octanol–water partition coefficient (Wildman–Crippen LogP) is 2.24. The van der Waals surface area contributed by atoms with E-state index in [1.54, 1.807) is 0 Å². The zero-order valence-corrected chi connectivity index (χ0v) is 10.3. The lowest BCUT2D eigenvalue weighted by Crippen LogP contribution is -2.21. The SMILES string of the molecule is CCNCCC(=O)Nc1cc(C)cc(C)c1. The van der Waals surface area contributed by atoms with Crippen molar-refractivity contribution in [2.24, 2.45) is 0 Å². The first-order valence-electron chi connectivity index (χ1n) is 5.70. The van der Waals surface area contributed by atoms with Crippen LogP contribution in [-0.4, -0.2) is 19.0 Å². The molecule has 1 rings (SSSR count). The standard InChI is InChI=1S/C13H20N2O/c1-4-14-6-5-13(16)15-12-8-10(2)7-11(3)9-12/h7-9,14H,4-6H2,1-3H3,(H,15,16). The van der Waals surface area contributed by atoms with E-state index in [0.717, 1.165) is 18.8 Å². The molecule has 0 saturated carbocycles. The number of carbonyl (C=O) groups excluding carboxylic acids is 1. The van der Waals surface area contributed by atoms with Crippen molar-refractivity contribution in [3.8, 4) is 0 Å². The highest BCUT2D eigenvalue weighted by Gasteiger charge is 2.02. The zero-order valence-electron chi connectivity index (χ0n) is 10.3. The Kier molecular flexibility index (Phi) is 4.99. The van der Waals surface area contributed by atoms with Gasteiger partial charge in [-0.25, -0.2) is 0 Å². The molecule has 0 saturated heterocycles. The van der Waals surface area contributed by atoms with E-state index in [4.69, 9.17) is 0 Å². The lowest BCUT2D eigenvalue weighted by atomic mass is 10.1. The maximum Gasteiger partial charge on any atom is 0.225 e. The molecule has 0 bridgehead atoms. The van der Waals surface area contributed by atoms with Gasteiger partial charge in [0.15, 0.2) is 0 Å². The van der Waals surface area contributed by atoms with Crippen LogP contribution in [-0.2, 0) is 4.79 Å². The summed E-state index contributed by atoms with van der Waals surface area (Å²) in [4.78, 5) is 11.6. The minimum Gasteiger partial charge on any atom is -0.326 e. The number of rotatable bonds is 5. The summed E-state index contributed by atoms with van der Waals surface area (Å²) in [6.45, 7) is 7.72. The molecule has 3 nitrogen and oxygen atoms in total. The van der Waals surface area contributed by atoms with Gasteiger partial charge in [-0.15, -0.1) is 0 Å². The molecule has 3 heteroatoms. The Bertz CT molecular complexity index is 341. The van der Waals surface area contributed by atoms with E-state index in [0.29, 0.717) is 6.42 Å². The van der Waals surface area contributed by atoms with E-state index in [-0.39, 0.29) is 5.91 Å². The predicted molar refractivity (Wildman–Crippen MR) is 67.7 cm³/mol. The van der Waals surface area contributed by atoms with Gasteiger partial charge in [-0.3, -0.25) is 4.79 Å². The molecule has 88 valence electrons. The third-order valence-electron chi connectivity index (χ3n) is 2.28. The van der Waals surface area contributed by atoms with Crippen molar-refractivity contribution in [1.82, 2.24) is 5.32 Å². The topological polar surface area (TPSA) is 41.1 Å². The van der Waals surface area contributed by atoms with Crippen LogP contribution in [0.5, 0.6) is 0 Å². The second kappa shape index (κ2) is 6.28. The third kappa shape index (κ3) is 4.45. The lowest BCUT2D eigenvalue weighted by Gasteiger charge is -2.07. The fourth-order valence-corrected chi connectivity index (χ4v) is 1.65. The van der Waals surface area contributed by atoms with E-state index in [1.165, 1.54) is 11.1 Å². The molecule has 0 aromatic heterocycles. The number of anilines is 1. The average Bonchev–Trinajstić information content (AvgIpc) is 2.16. The molecule has 0 unspecified atom stereocenters. The first kappa shape index (κ1) is 12.7. The number of hydrogen-bond donors (Lipinski definition) is 2. The summed E-state index contributed by atoms with van der Waals surface area (Å²) in [5, 5.41) is 6.03. The van der Waals surface area contributed by atoms with Crippen molar-refractivity contribution >= 4 is 11.6 Å². The summed E-state index contributed by atoms with van der Waals surface area (Å²) >= 11 is 0. The van der Waals surface area contributed by atoms with Gasteiger partial charge < -0.3 is 10.6 Å².